The first-order valence-electron chi connectivity index (χ1n) is 7.44. The molecule has 120 valence electrons. The average Bonchev–Trinajstić information content (AvgIpc) is 2.85. The van der Waals surface area contributed by atoms with Gasteiger partial charge in [-0.05, 0) is 42.4 Å². The summed E-state index contributed by atoms with van der Waals surface area (Å²) in [4.78, 5) is 5.85. The summed E-state index contributed by atoms with van der Waals surface area (Å²) in [5, 5.41) is 3.85. The summed E-state index contributed by atoms with van der Waals surface area (Å²) in [6.45, 7) is 2.43. The molecule has 1 aliphatic carbocycles. The molecule has 2 atom stereocenters. The number of fused-ring (bicyclic) bond motifs is 1. The molecule has 0 amide bonds. The molecule has 0 unspecified atom stereocenters. The zero-order valence-corrected chi connectivity index (χ0v) is 16.4. The summed E-state index contributed by atoms with van der Waals surface area (Å²) in [6.07, 6.45) is 6.32. The molecular formula is C17H17ClIN3S. The third kappa shape index (κ3) is 3.50. The van der Waals surface area contributed by atoms with Gasteiger partial charge in [0.05, 0.1) is 26.0 Å². The topological polar surface area (TPSA) is 50.9 Å². The van der Waals surface area contributed by atoms with Crippen LogP contribution in [0.15, 0.2) is 18.2 Å². The zero-order valence-electron chi connectivity index (χ0n) is 12.7. The Hall–Kier alpha value is -0.810. The van der Waals surface area contributed by atoms with Crippen molar-refractivity contribution in [1.82, 2.24) is 4.98 Å². The minimum atomic E-state index is 0.166. The van der Waals surface area contributed by atoms with Crippen molar-refractivity contribution in [2.45, 2.75) is 31.7 Å². The summed E-state index contributed by atoms with van der Waals surface area (Å²) in [5.74, 6) is 6.27. The Morgan fingerprint density at radius 1 is 1.48 bits per heavy atom. The highest BCUT2D eigenvalue weighted by Crippen LogP contribution is 2.43. The first kappa shape index (κ1) is 17.0. The molecule has 0 saturated heterocycles. The van der Waals surface area contributed by atoms with Gasteiger partial charge in [0, 0.05) is 22.9 Å². The van der Waals surface area contributed by atoms with E-state index in [0.29, 0.717) is 17.6 Å². The normalized spacial score (nSPS) is 20.3. The number of pyridine rings is 1. The van der Waals surface area contributed by atoms with E-state index in [4.69, 9.17) is 17.3 Å². The lowest BCUT2D eigenvalue weighted by Gasteiger charge is -2.24. The van der Waals surface area contributed by atoms with Gasteiger partial charge in [-0.3, -0.25) is 0 Å². The number of aromatic nitrogens is 1. The van der Waals surface area contributed by atoms with Crippen molar-refractivity contribution in [3.8, 4) is 11.8 Å². The number of hydrogen-bond acceptors (Lipinski definition) is 4. The minimum absolute atomic E-state index is 0.166. The molecule has 6 heteroatoms. The van der Waals surface area contributed by atoms with Crippen LogP contribution in [0.4, 0.5) is 5.69 Å². The van der Waals surface area contributed by atoms with Crippen molar-refractivity contribution in [1.29, 1.82) is 0 Å². The van der Waals surface area contributed by atoms with E-state index >= 15 is 0 Å². The highest BCUT2D eigenvalue weighted by Gasteiger charge is 2.27. The molecule has 0 spiro atoms. The number of nitrogens with zero attached hydrogens (tertiary/aromatic N) is 1. The van der Waals surface area contributed by atoms with Crippen molar-refractivity contribution in [3.05, 3.63) is 31.8 Å². The molecule has 2 heterocycles. The van der Waals surface area contributed by atoms with Crippen molar-refractivity contribution in [3.63, 3.8) is 0 Å². The molecule has 2 aromatic rings. The van der Waals surface area contributed by atoms with Crippen LogP contribution < -0.4 is 11.1 Å². The van der Waals surface area contributed by atoms with Gasteiger partial charge in [0.25, 0.3) is 0 Å². The van der Waals surface area contributed by atoms with Crippen LogP contribution in [0, 0.1) is 15.4 Å². The molecule has 0 radical (unpaired) electrons. The van der Waals surface area contributed by atoms with E-state index in [1.807, 2.05) is 13.0 Å². The molecule has 0 fully saturated rings. The fourth-order valence-electron chi connectivity index (χ4n) is 2.76. The molecule has 0 bridgehead atoms. The Morgan fingerprint density at radius 2 is 2.26 bits per heavy atom. The number of allylic oxidation sites excluding steroid dienone is 1. The predicted octanol–water partition coefficient (Wildman–Crippen LogP) is 4.75. The summed E-state index contributed by atoms with van der Waals surface area (Å²) < 4.78 is 2.30. The number of nitrogens with one attached hydrogen (secondary N) is 1. The van der Waals surface area contributed by atoms with Crippen molar-refractivity contribution >= 4 is 61.4 Å². The molecule has 0 aliphatic heterocycles. The van der Waals surface area contributed by atoms with E-state index < -0.39 is 0 Å². The van der Waals surface area contributed by atoms with Crippen molar-refractivity contribution < 1.29 is 0 Å². The second kappa shape index (κ2) is 7.39. The molecule has 3 N–H and O–H groups in total. The Kier molecular flexibility index (Phi) is 5.47. The lowest BCUT2D eigenvalue weighted by molar-refractivity contribution is 0.527. The van der Waals surface area contributed by atoms with Crippen LogP contribution in [0.25, 0.3) is 10.2 Å². The largest absolute Gasteiger partial charge is 0.373 e. The van der Waals surface area contributed by atoms with Crippen LogP contribution in [0.3, 0.4) is 0 Å². The van der Waals surface area contributed by atoms with Gasteiger partial charge < -0.3 is 11.1 Å². The average molecular weight is 458 g/mol. The molecule has 0 aromatic carbocycles. The lowest BCUT2D eigenvalue weighted by atomic mass is 9.88. The third-order valence-corrected chi connectivity index (χ3v) is 6.94. The quantitative estimate of drug-likeness (QED) is 0.303. The van der Waals surface area contributed by atoms with Crippen LogP contribution in [-0.2, 0) is 0 Å². The van der Waals surface area contributed by atoms with Gasteiger partial charge in [-0.1, -0.05) is 29.7 Å². The minimum Gasteiger partial charge on any atom is -0.373 e. The standard InChI is InChI=1S/C17H17ClIN3S/c1-2-3-8-21-12-9-13(18)22-15-14(19)16(23-17(12)15)10-6-4-5-7-11(10)20/h4-5,9-11H,6-8,20H2,1H3,(H,21,22)/t10-,11-/m0/s1. The summed E-state index contributed by atoms with van der Waals surface area (Å²) in [7, 11) is 0. The summed E-state index contributed by atoms with van der Waals surface area (Å²) >= 11 is 10.4. The van der Waals surface area contributed by atoms with Crippen LogP contribution in [-0.4, -0.2) is 17.6 Å². The molecule has 3 nitrogen and oxygen atoms in total. The van der Waals surface area contributed by atoms with E-state index in [0.717, 1.165) is 28.7 Å². The Morgan fingerprint density at radius 3 is 3.00 bits per heavy atom. The third-order valence-electron chi connectivity index (χ3n) is 3.94. The van der Waals surface area contributed by atoms with Crippen molar-refractivity contribution in [2.24, 2.45) is 5.73 Å². The SMILES string of the molecule is CC#CCNc1cc(Cl)nc2c(I)c([C@H]3CC=CC[C@@H]3N)sc12. The second-order valence-corrected chi connectivity index (χ2v) is 7.96. The maximum Gasteiger partial charge on any atom is 0.131 e. The number of halogens is 2. The van der Waals surface area contributed by atoms with Gasteiger partial charge >= 0.3 is 0 Å². The fraction of sp³-hybridized carbons (Fsp3) is 0.353. The Balaban J connectivity index is 2.07. The van der Waals surface area contributed by atoms with E-state index in [2.05, 4.69) is 56.9 Å². The van der Waals surface area contributed by atoms with Crippen LogP contribution >= 0.6 is 45.5 Å². The van der Waals surface area contributed by atoms with Gasteiger partial charge in [-0.15, -0.1) is 17.3 Å². The first-order chi connectivity index (χ1) is 11.1. The van der Waals surface area contributed by atoms with Gasteiger partial charge in [0.15, 0.2) is 0 Å². The monoisotopic (exact) mass is 457 g/mol. The molecular weight excluding hydrogens is 441 g/mol. The Bertz CT molecular complexity index is 819. The highest BCUT2D eigenvalue weighted by molar-refractivity contribution is 14.1. The molecule has 2 aromatic heterocycles. The van der Waals surface area contributed by atoms with E-state index in [-0.39, 0.29) is 6.04 Å². The predicted molar refractivity (Wildman–Crippen MR) is 108 cm³/mol. The Labute approximate surface area is 158 Å². The van der Waals surface area contributed by atoms with Gasteiger partial charge in [-0.2, -0.15) is 0 Å². The van der Waals surface area contributed by atoms with Crippen LogP contribution in [0.1, 0.15) is 30.6 Å². The van der Waals surface area contributed by atoms with Gasteiger partial charge in [-0.25, -0.2) is 4.98 Å². The summed E-state index contributed by atoms with van der Waals surface area (Å²) in [6, 6.07) is 2.04. The number of thiophene rings is 1. The fourth-order valence-corrected chi connectivity index (χ4v) is 5.57. The van der Waals surface area contributed by atoms with Gasteiger partial charge in [0.1, 0.15) is 5.15 Å². The first-order valence-corrected chi connectivity index (χ1v) is 9.71. The molecule has 1 aliphatic rings. The second-order valence-electron chi connectivity index (χ2n) is 5.44. The van der Waals surface area contributed by atoms with Crippen LogP contribution in [0.2, 0.25) is 5.15 Å². The highest BCUT2D eigenvalue weighted by atomic mass is 127. The lowest BCUT2D eigenvalue weighted by Crippen LogP contribution is -2.29. The van der Waals surface area contributed by atoms with Crippen LogP contribution in [0.5, 0.6) is 0 Å². The van der Waals surface area contributed by atoms with E-state index in [1.165, 1.54) is 8.45 Å². The molecule has 0 saturated carbocycles. The number of nitrogens with two attached hydrogens (primary N) is 1. The van der Waals surface area contributed by atoms with E-state index in [1.54, 1.807) is 11.3 Å². The number of anilines is 1. The summed E-state index contributed by atoms with van der Waals surface area (Å²) in [5.41, 5.74) is 8.30. The molecule has 23 heavy (non-hydrogen) atoms. The maximum atomic E-state index is 6.34. The van der Waals surface area contributed by atoms with Crippen molar-refractivity contribution in [2.75, 3.05) is 11.9 Å². The maximum absolute atomic E-state index is 6.34. The number of rotatable bonds is 3. The smallest absolute Gasteiger partial charge is 0.131 e. The van der Waals surface area contributed by atoms with E-state index in [9.17, 15) is 0 Å². The number of hydrogen-bond donors (Lipinski definition) is 2. The molecule has 3 rings (SSSR count). The zero-order chi connectivity index (χ0) is 16.4. The van der Waals surface area contributed by atoms with Gasteiger partial charge in [0.2, 0.25) is 0 Å².